The maximum Gasteiger partial charge on any atom is 0.419 e. The molecule has 108 valence electrons. The van der Waals surface area contributed by atoms with Crippen LogP contribution in [0.2, 0.25) is 0 Å². The average molecular weight is 287 g/mol. The van der Waals surface area contributed by atoms with E-state index in [1.54, 1.807) is 6.92 Å². The summed E-state index contributed by atoms with van der Waals surface area (Å²) in [7, 11) is 0. The molecule has 20 heavy (non-hydrogen) atoms. The zero-order chi connectivity index (χ0) is 14.9. The minimum Gasteiger partial charge on any atom is -0.507 e. The van der Waals surface area contributed by atoms with Gasteiger partial charge in [-0.25, -0.2) is 0 Å². The fourth-order valence-corrected chi connectivity index (χ4v) is 1.56. The maximum atomic E-state index is 12.7. The number of hydrogen-bond acceptors (Lipinski definition) is 5. The van der Waals surface area contributed by atoms with Crippen molar-refractivity contribution < 1.29 is 22.8 Å². The van der Waals surface area contributed by atoms with Crippen molar-refractivity contribution in [2.45, 2.75) is 19.0 Å². The topological polar surface area (TPSA) is 85.2 Å². The van der Waals surface area contributed by atoms with Gasteiger partial charge in [0.2, 0.25) is 11.7 Å². The molecule has 1 aromatic carbocycles. The first kappa shape index (κ1) is 14.3. The van der Waals surface area contributed by atoms with Crippen LogP contribution in [0.25, 0.3) is 11.4 Å². The molecular weight excluding hydrogens is 275 g/mol. The number of phenols is 1. The summed E-state index contributed by atoms with van der Waals surface area (Å²) in [6, 6.07) is 3.00. The number of phenolic OH excluding ortho intramolecular Hbond substituents is 1. The van der Waals surface area contributed by atoms with Gasteiger partial charge in [0.05, 0.1) is 5.56 Å². The fraction of sp³-hybridized carbons (Fsp3) is 0.333. The quantitative estimate of drug-likeness (QED) is 0.906. The molecule has 1 atom stereocenters. The van der Waals surface area contributed by atoms with E-state index < -0.39 is 17.5 Å². The normalized spacial score (nSPS) is 13.4. The third-order valence-corrected chi connectivity index (χ3v) is 2.78. The van der Waals surface area contributed by atoms with Gasteiger partial charge in [0.15, 0.2) is 0 Å². The molecule has 5 nitrogen and oxygen atoms in total. The van der Waals surface area contributed by atoms with Gasteiger partial charge in [-0.3, -0.25) is 0 Å². The van der Waals surface area contributed by atoms with E-state index in [2.05, 4.69) is 10.1 Å². The second-order valence-corrected chi connectivity index (χ2v) is 4.32. The molecular formula is C12H12F3N3O2. The largest absolute Gasteiger partial charge is 0.507 e. The summed E-state index contributed by atoms with van der Waals surface area (Å²) in [5, 5.41) is 12.9. The molecule has 0 saturated heterocycles. The number of rotatable bonds is 3. The molecule has 0 spiro atoms. The van der Waals surface area contributed by atoms with Crippen LogP contribution in [0.3, 0.4) is 0 Å². The average Bonchev–Trinajstić information content (AvgIpc) is 2.86. The van der Waals surface area contributed by atoms with Crippen LogP contribution in [0.15, 0.2) is 22.7 Å². The molecule has 8 heteroatoms. The second kappa shape index (κ2) is 5.12. The number of alkyl halides is 3. The highest BCUT2D eigenvalue weighted by Crippen LogP contribution is 2.37. The van der Waals surface area contributed by atoms with Crippen molar-refractivity contribution >= 4 is 0 Å². The lowest BCUT2D eigenvalue weighted by Gasteiger charge is -2.09. The standard InChI is InChI=1S/C12H12F3N3O2/c1-6(5-16)11-17-10(18-20-11)7-2-3-9(19)8(4-7)12(13,14)15/h2-4,6,19H,5,16H2,1H3. The summed E-state index contributed by atoms with van der Waals surface area (Å²) in [5.41, 5.74) is 4.40. The van der Waals surface area contributed by atoms with Crippen LogP contribution >= 0.6 is 0 Å². The lowest BCUT2D eigenvalue weighted by Crippen LogP contribution is -2.09. The molecule has 0 aliphatic rings. The highest BCUT2D eigenvalue weighted by atomic mass is 19.4. The summed E-state index contributed by atoms with van der Waals surface area (Å²) in [6.07, 6.45) is -4.66. The van der Waals surface area contributed by atoms with E-state index in [-0.39, 0.29) is 29.7 Å². The summed E-state index contributed by atoms with van der Waals surface area (Å²) < 4.78 is 43.0. The first-order chi connectivity index (χ1) is 9.32. The molecule has 2 rings (SSSR count). The molecule has 1 unspecified atom stereocenters. The smallest absolute Gasteiger partial charge is 0.419 e. The first-order valence-electron chi connectivity index (χ1n) is 5.77. The molecule has 0 aliphatic carbocycles. The Morgan fingerprint density at radius 3 is 2.70 bits per heavy atom. The number of benzene rings is 1. The van der Waals surface area contributed by atoms with Gasteiger partial charge in [0.1, 0.15) is 5.75 Å². The molecule has 2 aromatic rings. The summed E-state index contributed by atoms with van der Waals surface area (Å²) in [5.74, 6) is -0.759. The van der Waals surface area contributed by atoms with Crippen LogP contribution in [0.4, 0.5) is 13.2 Å². The van der Waals surface area contributed by atoms with Crippen LogP contribution in [0, 0.1) is 0 Å². The van der Waals surface area contributed by atoms with Gasteiger partial charge in [0, 0.05) is 18.0 Å². The number of aromatic hydroxyl groups is 1. The lowest BCUT2D eigenvalue weighted by molar-refractivity contribution is -0.138. The molecule has 0 amide bonds. The third kappa shape index (κ3) is 2.74. The molecule has 0 fully saturated rings. The van der Waals surface area contributed by atoms with Gasteiger partial charge >= 0.3 is 6.18 Å². The molecule has 0 bridgehead atoms. The predicted octanol–water partition coefficient (Wildman–Crippen LogP) is 2.52. The number of nitrogens with zero attached hydrogens (tertiary/aromatic N) is 2. The Morgan fingerprint density at radius 1 is 1.40 bits per heavy atom. The summed E-state index contributed by atoms with van der Waals surface area (Å²) in [4.78, 5) is 4.00. The lowest BCUT2D eigenvalue weighted by atomic mass is 10.1. The minimum atomic E-state index is -4.66. The van der Waals surface area contributed by atoms with Crippen molar-refractivity contribution in [3.8, 4) is 17.1 Å². The van der Waals surface area contributed by atoms with Crippen LogP contribution in [0.1, 0.15) is 24.3 Å². The first-order valence-corrected chi connectivity index (χ1v) is 5.77. The Morgan fingerprint density at radius 2 is 2.10 bits per heavy atom. The number of nitrogens with two attached hydrogens (primary N) is 1. The maximum absolute atomic E-state index is 12.7. The van der Waals surface area contributed by atoms with E-state index in [4.69, 9.17) is 10.3 Å². The van der Waals surface area contributed by atoms with E-state index >= 15 is 0 Å². The Balaban J connectivity index is 2.41. The van der Waals surface area contributed by atoms with Crippen molar-refractivity contribution in [2.75, 3.05) is 6.54 Å². The monoisotopic (exact) mass is 287 g/mol. The Hall–Kier alpha value is -2.09. The number of aromatic nitrogens is 2. The predicted molar refractivity (Wildman–Crippen MR) is 63.9 cm³/mol. The Bertz CT molecular complexity index is 610. The van der Waals surface area contributed by atoms with E-state index in [0.29, 0.717) is 0 Å². The van der Waals surface area contributed by atoms with E-state index in [9.17, 15) is 18.3 Å². The highest BCUT2D eigenvalue weighted by Gasteiger charge is 2.34. The zero-order valence-corrected chi connectivity index (χ0v) is 10.5. The number of hydrogen-bond donors (Lipinski definition) is 2. The van der Waals surface area contributed by atoms with Crippen LogP contribution in [0.5, 0.6) is 5.75 Å². The van der Waals surface area contributed by atoms with Crippen molar-refractivity contribution in [2.24, 2.45) is 5.73 Å². The van der Waals surface area contributed by atoms with Crippen LogP contribution in [-0.2, 0) is 6.18 Å². The van der Waals surface area contributed by atoms with Crippen molar-refractivity contribution in [1.29, 1.82) is 0 Å². The Kier molecular flexibility index (Phi) is 3.67. The molecule has 0 radical (unpaired) electrons. The van der Waals surface area contributed by atoms with E-state index in [1.807, 2.05) is 0 Å². The molecule has 0 aliphatic heterocycles. The fourth-order valence-electron chi connectivity index (χ4n) is 1.56. The molecule has 1 heterocycles. The SMILES string of the molecule is CC(CN)c1nc(-c2ccc(O)c(C(F)(F)F)c2)no1. The van der Waals surface area contributed by atoms with E-state index in [0.717, 1.165) is 12.1 Å². The zero-order valence-electron chi connectivity index (χ0n) is 10.5. The molecule has 3 N–H and O–H groups in total. The minimum absolute atomic E-state index is 0.0193. The van der Waals surface area contributed by atoms with Crippen molar-refractivity contribution in [3.63, 3.8) is 0 Å². The number of halogens is 3. The Labute approximate surface area is 112 Å². The van der Waals surface area contributed by atoms with Gasteiger partial charge in [-0.05, 0) is 18.2 Å². The van der Waals surface area contributed by atoms with Gasteiger partial charge in [-0.1, -0.05) is 12.1 Å². The van der Waals surface area contributed by atoms with Gasteiger partial charge in [-0.15, -0.1) is 0 Å². The van der Waals surface area contributed by atoms with Crippen molar-refractivity contribution in [3.05, 3.63) is 29.7 Å². The highest BCUT2D eigenvalue weighted by molar-refractivity contribution is 5.58. The van der Waals surface area contributed by atoms with E-state index in [1.165, 1.54) is 6.07 Å². The summed E-state index contributed by atoms with van der Waals surface area (Å²) >= 11 is 0. The molecule has 0 saturated carbocycles. The van der Waals surface area contributed by atoms with Gasteiger partial charge in [0.25, 0.3) is 0 Å². The van der Waals surface area contributed by atoms with Gasteiger partial charge < -0.3 is 15.4 Å². The van der Waals surface area contributed by atoms with Gasteiger partial charge in [-0.2, -0.15) is 18.2 Å². The molecule has 1 aromatic heterocycles. The van der Waals surface area contributed by atoms with Crippen LogP contribution < -0.4 is 5.73 Å². The van der Waals surface area contributed by atoms with Crippen molar-refractivity contribution in [1.82, 2.24) is 10.1 Å². The van der Waals surface area contributed by atoms with Crippen LogP contribution in [-0.4, -0.2) is 21.8 Å². The summed E-state index contributed by atoms with van der Waals surface area (Å²) in [6.45, 7) is 2.04. The third-order valence-electron chi connectivity index (χ3n) is 2.78. The second-order valence-electron chi connectivity index (χ2n) is 4.32.